The molecule has 1 saturated carbocycles. The summed E-state index contributed by atoms with van der Waals surface area (Å²) in [5, 5.41) is 12.5. The number of rotatable bonds is 6. The Hall–Kier alpha value is -1.89. The van der Waals surface area contributed by atoms with Gasteiger partial charge < -0.3 is 4.74 Å². The summed E-state index contributed by atoms with van der Waals surface area (Å²) in [7, 11) is 0. The topological polar surface area (TPSA) is 69.9 Å². The van der Waals surface area contributed by atoms with Crippen LogP contribution in [-0.4, -0.2) is 38.0 Å². The van der Waals surface area contributed by atoms with E-state index in [2.05, 4.69) is 36.3 Å². The van der Waals surface area contributed by atoms with Gasteiger partial charge in [-0.25, -0.2) is 0 Å². The third-order valence-corrected chi connectivity index (χ3v) is 6.24. The van der Waals surface area contributed by atoms with Crippen molar-refractivity contribution in [1.29, 1.82) is 0 Å². The number of thioether (sulfide) groups is 1. The minimum absolute atomic E-state index is 0.0224. The number of carbonyl (C=O) groups excluding carboxylic acids is 1. The number of hydrogen-bond donors (Lipinski definition) is 0. The van der Waals surface area contributed by atoms with Gasteiger partial charge in [-0.1, -0.05) is 57.2 Å². The Morgan fingerprint density at radius 1 is 1.33 bits per heavy atom. The van der Waals surface area contributed by atoms with Crippen molar-refractivity contribution >= 4 is 17.7 Å². The second kappa shape index (κ2) is 8.87. The number of nitrogens with zero attached hydrogens (tertiary/aromatic N) is 4. The largest absolute Gasteiger partial charge is 0.461 e. The lowest BCUT2D eigenvalue weighted by atomic mass is 9.75. The molecular weight excluding hydrogens is 360 g/mol. The number of para-hydroxylation sites is 1. The van der Waals surface area contributed by atoms with Gasteiger partial charge >= 0.3 is 5.97 Å². The van der Waals surface area contributed by atoms with Crippen molar-refractivity contribution in [2.75, 3.05) is 5.75 Å². The molecule has 0 aliphatic heterocycles. The Morgan fingerprint density at radius 3 is 2.85 bits per heavy atom. The summed E-state index contributed by atoms with van der Waals surface area (Å²) in [6, 6.07) is 7.90. The van der Waals surface area contributed by atoms with E-state index in [1.54, 1.807) is 4.68 Å². The highest BCUT2D eigenvalue weighted by Crippen LogP contribution is 2.35. The van der Waals surface area contributed by atoms with Crippen LogP contribution in [0.25, 0.3) is 5.69 Å². The molecule has 1 aromatic heterocycles. The van der Waals surface area contributed by atoms with Crippen molar-refractivity contribution < 1.29 is 9.53 Å². The molecule has 0 unspecified atom stereocenters. The Morgan fingerprint density at radius 2 is 2.11 bits per heavy atom. The summed E-state index contributed by atoms with van der Waals surface area (Å²) in [5.41, 5.74) is 1.99. The molecule has 0 saturated heterocycles. The number of aromatic nitrogens is 4. The van der Waals surface area contributed by atoms with Crippen molar-refractivity contribution in [2.45, 2.75) is 58.2 Å². The summed E-state index contributed by atoms with van der Waals surface area (Å²) in [6.07, 6.45) is 3.33. The normalized spacial score (nSPS) is 22.8. The third kappa shape index (κ3) is 4.89. The maximum absolute atomic E-state index is 12.5. The Balaban J connectivity index is 1.62. The Bertz CT molecular complexity index is 777. The predicted molar refractivity (Wildman–Crippen MR) is 106 cm³/mol. The fraction of sp³-hybridized carbons (Fsp3) is 0.600. The van der Waals surface area contributed by atoms with E-state index in [-0.39, 0.29) is 17.8 Å². The summed E-state index contributed by atoms with van der Waals surface area (Å²) in [6.45, 7) is 8.68. The van der Waals surface area contributed by atoms with E-state index in [0.717, 1.165) is 24.1 Å². The molecule has 1 fully saturated rings. The number of ether oxygens (including phenoxy) is 1. The maximum atomic E-state index is 12.5. The maximum Gasteiger partial charge on any atom is 0.316 e. The summed E-state index contributed by atoms with van der Waals surface area (Å²) >= 11 is 1.32. The molecule has 1 aliphatic carbocycles. The second-order valence-electron chi connectivity index (χ2n) is 7.80. The first-order valence-electron chi connectivity index (χ1n) is 9.62. The molecule has 0 amide bonds. The average Bonchev–Trinajstić information content (AvgIpc) is 3.08. The van der Waals surface area contributed by atoms with E-state index < -0.39 is 0 Å². The van der Waals surface area contributed by atoms with Crippen molar-refractivity contribution in [3.05, 3.63) is 29.8 Å². The summed E-state index contributed by atoms with van der Waals surface area (Å²) < 4.78 is 7.54. The molecule has 0 bridgehead atoms. The van der Waals surface area contributed by atoms with Gasteiger partial charge in [0.15, 0.2) is 0 Å². The molecule has 1 aromatic carbocycles. The average molecular weight is 389 g/mol. The van der Waals surface area contributed by atoms with Gasteiger partial charge in [-0.15, -0.1) is 5.10 Å². The van der Waals surface area contributed by atoms with Crippen LogP contribution in [0.15, 0.2) is 29.4 Å². The predicted octanol–water partition coefficient (Wildman–Crippen LogP) is 4.07. The molecule has 27 heavy (non-hydrogen) atoms. The van der Waals surface area contributed by atoms with Crippen LogP contribution in [0.3, 0.4) is 0 Å². The van der Waals surface area contributed by atoms with Gasteiger partial charge in [-0.2, -0.15) is 4.68 Å². The van der Waals surface area contributed by atoms with Gasteiger partial charge in [-0.3, -0.25) is 4.79 Å². The van der Waals surface area contributed by atoms with E-state index in [0.29, 0.717) is 22.9 Å². The molecule has 6 nitrogen and oxygen atoms in total. The first-order chi connectivity index (χ1) is 13.0. The highest BCUT2D eigenvalue weighted by atomic mass is 32.2. The standard InChI is InChI=1S/C20H28N4O2S/c1-13(2)16-10-9-14(3)11-18(16)26-19(25)12-27-20-21-22-23-24(20)17-8-6-5-7-15(17)4/h5-8,13-14,16,18H,9-12H2,1-4H3/t14-,16+,18+/m0/s1. The summed E-state index contributed by atoms with van der Waals surface area (Å²) in [5.74, 6) is 1.61. The van der Waals surface area contributed by atoms with Crippen LogP contribution in [0.5, 0.6) is 0 Å². The first-order valence-corrected chi connectivity index (χ1v) is 10.6. The smallest absolute Gasteiger partial charge is 0.316 e. The van der Waals surface area contributed by atoms with Crippen LogP contribution in [0.4, 0.5) is 0 Å². The summed E-state index contributed by atoms with van der Waals surface area (Å²) in [4.78, 5) is 12.5. The van der Waals surface area contributed by atoms with Crippen molar-refractivity contribution in [1.82, 2.24) is 20.2 Å². The lowest BCUT2D eigenvalue weighted by Crippen LogP contribution is -2.36. The Labute approximate surface area is 165 Å². The van der Waals surface area contributed by atoms with Crippen LogP contribution in [-0.2, 0) is 9.53 Å². The van der Waals surface area contributed by atoms with E-state index in [9.17, 15) is 4.79 Å². The fourth-order valence-electron chi connectivity index (χ4n) is 3.80. The number of hydrogen-bond acceptors (Lipinski definition) is 6. The van der Waals surface area contributed by atoms with E-state index >= 15 is 0 Å². The van der Waals surface area contributed by atoms with Crippen molar-refractivity contribution in [3.63, 3.8) is 0 Å². The molecule has 7 heteroatoms. The third-order valence-electron chi connectivity index (χ3n) is 5.35. The van der Waals surface area contributed by atoms with Gasteiger partial charge in [-0.05, 0) is 59.6 Å². The molecule has 3 atom stereocenters. The molecule has 2 aromatic rings. The zero-order valence-corrected chi connectivity index (χ0v) is 17.3. The van der Waals surface area contributed by atoms with Crippen molar-refractivity contribution in [2.24, 2.45) is 17.8 Å². The van der Waals surface area contributed by atoms with Crippen LogP contribution in [0.1, 0.15) is 45.6 Å². The fourth-order valence-corrected chi connectivity index (χ4v) is 4.46. The van der Waals surface area contributed by atoms with E-state index in [1.165, 1.54) is 18.2 Å². The molecule has 1 aliphatic rings. The zero-order valence-electron chi connectivity index (χ0n) is 16.5. The van der Waals surface area contributed by atoms with Gasteiger partial charge in [0.2, 0.25) is 5.16 Å². The van der Waals surface area contributed by atoms with E-state index in [1.807, 2.05) is 31.2 Å². The number of benzene rings is 1. The molecule has 1 heterocycles. The highest BCUT2D eigenvalue weighted by molar-refractivity contribution is 7.99. The van der Waals surface area contributed by atoms with Crippen LogP contribution in [0.2, 0.25) is 0 Å². The number of esters is 1. The lowest BCUT2D eigenvalue weighted by Gasteiger charge is -2.36. The highest BCUT2D eigenvalue weighted by Gasteiger charge is 2.33. The lowest BCUT2D eigenvalue weighted by molar-refractivity contribution is -0.152. The minimum Gasteiger partial charge on any atom is -0.461 e. The molecule has 0 radical (unpaired) electrons. The van der Waals surface area contributed by atoms with Gasteiger partial charge in [0.1, 0.15) is 6.10 Å². The van der Waals surface area contributed by atoms with Gasteiger partial charge in [0.25, 0.3) is 0 Å². The molecule has 146 valence electrons. The van der Waals surface area contributed by atoms with Crippen LogP contribution >= 0.6 is 11.8 Å². The Kier molecular flexibility index (Phi) is 6.52. The van der Waals surface area contributed by atoms with Gasteiger partial charge in [0, 0.05) is 0 Å². The number of aryl methyl sites for hydroxylation is 1. The van der Waals surface area contributed by atoms with Crippen molar-refractivity contribution in [3.8, 4) is 5.69 Å². The monoisotopic (exact) mass is 388 g/mol. The zero-order chi connectivity index (χ0) is 19.4. The van der Waals surface area contributed by atoms with Crippen LogP contribution in [0, 0.1) is 24.7 Å². The molecular formula is C20H28N4O2S. The number of tetrazole rings is 1. The first kappa shape index (κ1) is 19.9. The molecule has 0 N–H and O–H groups in total. The SMILES string of the molecule is Cc1ccccc1-n1nnnc1SCC(=O)O[C@@H]1C[C@@H](C)CC[C@@H]1C(C)C. The second-order valence-corrected chi connectivity index (χ2v) is 8.75. The minimum atomic E-state index is -0.191. The van der Waals surface area contributed by atoms with Crippen LogP contribution < -0.4 is 0 Å². The molecule has 0 spiro atoms. The van der Waals surface area contributed by atoms with Gasteiger partial charge in [0.05, 0.1) is 11.4 Å². The molecule has 3 rings (SSSR count). The number of carbonyl (C=O) groups is 1. The quantitative estimate of drug-likeness (QED) is 0.549. The van der Waals surface area contributed by atoms with E-state index in [4.69, 9.17) is 4.74 Å².